The predicted octanol–water partition coefficient (Wildman–Crippen LogP) is 2.25. The van der Waals surface area contributed by atoms with Gasteiger partial charge < -0.3 is 14.2 Å². The van der Waals surface area contributed by atoms with E-state index < -0.39 is 35.3 Å². The van der Waals surface area contributed by atoms with Crippen LogP contribution in [-0.2, 0) is 19.1 Å². The molecule has 3 unspecified atom stereocenters. The molecule has 6 nitrogen and oxygen atoms in total. The normalized spacial score (nSPS) is 23.3. The number of rotatable bonds is 5. The summed E-state index contributed by atoms with van der Waals surface area (Å²) in [5.41, 5.74) is -0.445. The highest BCUT2D eigenvalue weighted by molar-refractivity contribution is 6.01. The van der Waals surface area contributed by atoms with E-state index in [9.17, 15) is 14.4 Å². The number of Topliss-reactive ketones (excluding diaryl/α,β-unsaturated/α-hetero) is 1. The molecular formula is C18H22O6. The molecule has 0 saturated carbocycles. The average molecular weight is 334 g/mol. The monoisotopic (exact) mass is 334 g/mol. The van der Waals surface area contributed by atoms with Gasteiger partial charge in [-0.3, -0.25) is 14.4 Å². The van der Waals surface area contributed by atoms with Crippen molar-refractivity contribution in [3.63, 3.8) is 0 Å². The Balaban J connectivity index is 2.33. The average Bonchev–Trinajstić information content (AvgIpc) is 2.81. The molecule has 1 heterocycles. The van der Waals surface area contributed by atoms with Gasteiger partial charge in [-0.2, -0.15) is 0 Å². The highest BCUT2D eigenvalue weighted by Gasteiger charge is 2.57. The van der Waals surface area contributed by atoms with E-state index in [4.69, 9.17) is 14.2 Å². The lowest BCUT2D eigenvalue weighted by Gasteiger charge is -2.30. The number of ether oxygens (including phenoxy) is 3. The smallest absolute Gasteiger partial charge is 0.321 e. The van der Waals surface area contributed by atoms with E-state index in [1.807, 2.05) is 0 Å². The first kappa shape index (κ1) is 18.0. The van der Waals surface area contributed by atoms with Gasteiger partial charge in [0.1, 0.15) is 11.4 Å². The highest BCUT2D eigenvalue weighted by atomic mass is 16.6. The van der Waals surface area contributed by atoms with E-state index in [0.717, 1.165) is 0 Å². The quantitative estimate of drug-likeness (QED) is 0.467. The lowest BCUT2D eigenvalue weighted by Crippen LogP contribution is -2.41. The molecular weight excluding hydrogens is 312 g/mol. The van der Waals surface area contributed by atoms with E-state index in [2.05, 4.69) is 0 Å². The summed E-state index contributed by atoms with van der Waals surface area (Å²) in [4.78, 5) is 36.9. The molecule has 0 amide bonds. The Morgan fingerprint density at radius 2 is 1.75 bits per heavy atom. The van der Waals surface area contributed by atoms with E-state index in [0.29, 0.717) is 11.3 Å². The zero-order chi connectivity index (χ0) is 18.1. The van der Waals surface area contributed by atoms with Gasteiger partial charge in [-0.05, 0) is 38.1 Å². The number of ketones is 1. The maximum Gasteiger partial charge on any atom is 0.321 e. The fourth-order valence-corrected chi connectivity index (χ4v) is 3.38. The lowest BCUT2D eigenvalue weighted by molar-refractivity contribution is -0.156. The molecule has 24 heavy (non-hydrogen) atoms. The van der Waals surface area contributed by atoms with Crippen LogP contribution in [0.2, 0.25) is 0 Å². The van der Waals surface area contributed by atoms with E-state index in [1.165, 1.54) is 7.11 Å². The summed E-state index contributed by atoms with van der Waals surface area (Å²) in [6.07, 6.45) is 0. The number of carbonyl (C=O) groups excluding carboxylic acids is 3. The van der Waals surface area contributed by atoms with E-state index >= 15 is 0 Å². The second kappa shape index (κ2) is 6.63. The topological polar surface area (TPSA) is 78.9 Å². The molecule has 2 rings (SSSR count). The molecule has 0 aromatic heterocycles. The summed E-state index contributed by atoms with van der Waals surface area (Å²) in [6.45, 7) is 5.11. The molecule has 3 atom stereocenters. The Morgan fingerprint density at radius 1 is 1.17 bits per heavy atom. The standard InChI is InChI=1S/C18H22O6/c1-10(15(19)11-6-8-12(22-4)9-7-11)14-13(16(20)23-5)17(21)24-18(14,2)3/h6-10,13-14H,1-5H3. The van der Waals surface area contributed by atoms with Crippen molar-refractivity contribution in [3.8, 4) is 5.75 Å². The summed E-state index contributed by atoms with van der Waals surface area (Å²) in [7, 11) is 2.76. The fourth-order valence-electron chi connectivity index (χ4n) is 3.38. The second-order valence-electron chi connectivity index (χ2n) is 6.43. The summed E-state index contributed by atoms with van der Waals surface area (Å²) in [6, 6.07) is 6.71. The van der Waals surface area contributed by atoms with Crippen LogP contribution in [0.5, 0.6) is 5.75 Å². The molecule has 0 bridgehead atoms. The van der Waals surface area contributed by atoms with Crippen LogP contribution in [0.1, 0.15) is 31.1 Å². The Bertz CT molecular complexity index is 646. The summed E-state index contributed by atoms with van der Waals surface area (Å²) < 4.78 is 15.1. The molecule has 1 aliphatic heterocycles. The number of hydrogen-bond acceptors (Lipinski definition) is 6. The number of carbonyl (C=O) groups is 3. The third-order valence-corrected chi connectivity index (χ3v) is 4.56. The predicted molar refractivity (Wildman–Crippen MR) is 85.7 cm³/mol. The first-order valence-corrected chi connectivity index (χ1v) is 7.72. The molecule has 1 aromatic carbocycles. The summed E-state index contributed by atoms with van der Waals surface area (Å²) in [5.74, 6) is -3.14. The van der Waals surface area contributed by atoms with Crippen molar-refractivity contribution in [1.82, 2.24) is 0 Å². The van der Waals surface area contributed by atoms with Crippen molar-refractivity contribution in [2.75, 3.05) is 14.2 Å². The lowest BCUT2D eigenvalue weighted by atomic mass is 9.72. The first-order valence-electron chi connectivity index (χ1n) is 7.72. The highest BCUT2D eigenvalue weighted by Crippen LogP contribution is 2.43. The van der Waals surface area contributed by atoms with Crippen molar-refractivity contribution in [2.45, 2.75) is 26.4 Å². The second-order valence-corrected chi connectivity index (χ2v) is 6.43. The number of methoxy groups -OCH3 is 2. The number of benzene rings is 1. The molecule has 0 N–H and O–H groups in total. The maximum atomic E-state index is 12.8. The van der Waals surface area contributed by atoms with Gasteiger partial charge in [0, 0.05) is 17.4 Å². The van der Waals surface area contributed by atoms with Gasteiger partial charge in [-0.15, -0.1) is 0 Å². The molecule has 0 radical (unpaired) electrons. The molecule has 1 aliphatic rings. The van der Waals surface area contributed by atoms with Crippen LogP contribution in [0.25, 0.3) is 0 Å². The van der Waals surface area contributed by atoms with E-state index in [1.54, 1.807) is 52.1 Å². The van der Waals surface area contributed by atoms with Crippen LogP contribution < -0.4 is 4.74 Å². The fraction of sp³-hybridized carbons (Fsp3) is 0.500. The van der Waals surface area contributed by atoms with Crippen molar-refractivity contribution in [2.24, 2.45) is 17.8 Å². The first-order chi connectivity index (χ1) is 11.2. The van der Waals surface area contributed by atoms with Crippen LogP contribution in [0.4, 0.5) is 0 Å². The molecule has 1 saturated heterocycles. The van der Waals surface area contributed by atoms with Gasteiger partial charge in [-0.1, -0.05) is 6.92 Å². The molecule has 0 spiro atoms. The number of esters is 2. The largest absolute Gasteiger partial charge is 0.497 e. The van der Waals surface area contributed by atoms with Crippen molar-refractivity contribution in [1.29, 1.82) is 0 Å². The van der Waals surface area contributed by atoms with Gasteiger partial charge >= 0.3 is 11.9 Å². The van der Waals surface area contributed by atoms with Crippen LogP contribution in [0, 0.1) is 17.8 Å². The molecule has 130 valence electrons. The maximum absolute atomic E-state index is 12.8. The minimum absolute atomic E-state index is 0.164. The number of cyclic esters (lactones) is 1. The minimum atomic E-state index is -1.10. The van der Waals surface area contributed by atoms with Crippen LogP contribution in [0.15, 0.2) is 24.3 Å². The summed E-state index contributed by atoms with van der Waals surface area (Å²) in [5, 5.41) is 0. The third kappa shape index (κ3) is 3.13. The Labute approximate surface area is 141 Å². The van der Waals surface area contributed by atoms with E-state index in [-0.39, 0.29) is 5.78 Å². The Kier molecular flexibility index (Phi) is 4.96. The summed E-state index contributed by atoms with van der Waals surface area (Å²) >= 11 is 0. The van der Waals surface area contributed by atoms with Gasteiger partial charge in [0.15, 0.2) is 11.7 Å². The molecule has 1 aromatic rings. The SMILES string of the molecule is COC(=O)C1C(=O)OC(C)(C)C1C(C)C(=O)c1ccc(OC)cc1. The van der Waals surface area contributed by atoms with Gasteiger partial charge in [0.05, 0.1) is 14.2 Å². The molecule has 0 aliphatic carbocycles. The zero-order valence-electron chi connectivity index (χ0n) is 14.5. The number of hydrogen-bond donors (Lipinski definition) is 0. The van der Waals surface area contributed by atoms with Gasteiger partial charge in [0.25, 0.3) is 0 Å². The minimum Gasteiger partial charge on any atom is -0.497 e. The zero-order valence-corrected chi connectivity index (χ0v) is 14.5. The Morgan fingerprint density at radius 3 is 2.25 bits per heavy atom. The van der Waals surface area contributed by atoms with Crippen LogP contribution in [-0.4, -0.2) is 37.5 Å². The molecule has 6 heteroatoms. The van der Waals surface area contributed by atoms with Crippen molar-refractivity contribution < 1.29 is 28.6 Å². The van der Waals surface area contributed by atoms with Crippen molar-refractivity contribution >= 4 is 17.7 Å². The van der Waals surface area contributed by atoms with Crippen LogP contribution >= 0.6 is 0 Å². The Hall–Kier alpha value is -2.37. The van der Waals surface area contributed by atoms with Gasteiger partial charge in [0.2, 0.25) is 0 Å². The third-order valence-electron chi connectivity index (χ3n) is 4.56. The van der Waals surface area contributed by atoms with Gasteiger partial charge in [-0.25, -0.2) is 0 Å². The van der Waals surface area contributed by atoms with Crippen LogP contribution in [0.3, 0.4) is 0 Å². The van der Waals surface area contributed by atoms with Crippen molar-refractivity contribution in [3.05, 3.63) is 29.8 Å². The molecule has 1 fully saturated rings.